The molecule has 1 aromatic heterocycles. The average Bonchev–Trinajstić information content (AvgIpc) is 2.90. The summed E-state index contributed by atoms with van der Waals surface area (Å²) in [6.45, 7) is 2.77. The molecular formula is C14H23N3O. The number of nitrogens with zero attached hydrogens (tertiary/aromatic N) is 1. The van der Waals surface area contributed by atoms with Gasteiger partial charge in [0.1, 0.15) is 0 Å². The zero-order chi connectivity index (χ0) is 12.8. The Hall–Kier alpha value is -1.32. The third-order valence-corrected chi connectivity index (χ3v) is 4.00. The Morgan fingerprint density at radius 1 is 1.50 bits per heavy atom. The molecule has 0 unspecified atom stereocenters. The number of amides is 1. The molecule has 0 bridgehead atoms. The highest BCUT2D eigenvalue weighted by Crippen LogP contribution is 2.31. The lowest BCUT2D eigenvalue weighted by molar-refractivity contribution is -0.122. The van der Waals surface area contributed by atoms with Gasteiger partial charge in [0.15, 0.2) is 0 Å². The Bertz CT molecular complexity index is 355. The quantitative estimate of drug-likeness (QED) is 0.842. The summed E-state index contributed by atoms with van der Waals surface area (Å²) in [4.78, 5) is 11.8. The standard InChI is InChI=1S/C14H23N3O/c1-11(12-5-3-2-4-6-12)9-14(18)15-10-13-7-8-16-17-13/h7-8,11-12H,2-6,9-10H2,1H3,(H,15,18)(H,16,17)/t11-/m1/s1. The number of hydrogen-bond donors (Lipinski definition) is 2. The summed E-state index contributed by atoms with van der Waals surface area (Å²) in [5.74, 6) is 1.41. The van der Waals surface area contributed by atoms with Crippen molar-refractivity contribution in [2.24, 2.45) is 11.8 Å². The molecule has 1 amide bonds. The van der Waals surface area contributed by atoms with E-state index in [1.54, 1.807) is 6.20 Å². The number of carbonyl (C=O) groups is 1. The van der Waals surface area contributed by atoms with Crippen molar-refractivity contribution in [1.29, 1.82) is 0 Å². The van der Waals surface area contributed by atoms with Gasteiger partial charge >= 0.3 is 0 Å². The second kappa shape index (κ2) is 6.57. The Morgan fingerprint density at radius 3 is 2.94 bits per heavy atom. The van der Waals surface area contributed by atoms with E-state index < -0.39 is 0 Å². The molecule has 1 fully saturated rings. The van der Waals surface area contributed by atoms with Gasteiger partial charge in [-0.2, -0.15) is 5.10 Å². The van der Waals surface area contributed by atoms with E-state index in [-0.39, 0.29) is 5.91 Å². The Labute approximate surface area is 109 Å². The second-order valence-electron chi connectivity index (χ2n) is 5.44. The number of H-pyrrole nitrogens is 1. The first-order chi connectivity index (χ1) is 8.75. The summed E-state index contributed by atoms with van der Waals surface area (Å²) in [6, 6.07) is 1.88. The van der Waals surface area contributed by atoms with Gasteiger partial charge in [0.2, 0.25) is 5.91 Å². The third-order valence-electron chi connectivity index (χ3n) is 4.00. The molecule has 1 saturated carbocycles. The minimum atomic E-state index is 0.155. The van der Waals surface area contributed by atoms with Crippen molar-refractivity contribution in [3.63, 3.8) is 0 Å². The van der Waals surface area contributed by atoms with Crippen LogP contribution in [0.3, 0.4) is 0 Å². The predicted molar refractivity (Wildman–Crippen MR) is 70.8 cm³/mol. The van der Waals surface area contributed by atoms with Gasteiger partial charge in [-0.1, -0.05) is 39.0 Å². The van der Waals surface area contributed by atoms with Crippen LogP contribution in [0.4, 0.5) is 0 Å². The number of nitrogens with one attached hydrogen (secondary N) is 2. The largest absolute Gasteiger partial charge is 0.350 e. The lowest BCUT2D eigenvalue weighted by Gasteiger charge is -2.27. The lowest BCUT2D eigenvalue weighted by Crippen LogP contribution is -2.27. The molecule has 1 atom stereocenters. The van der Waals surface area contributed by atoms with E-state index in [4.69, 9.17) is 0 Å². The molecule has 0 radical (unpaired) electrons. The molecule has 4 nitrogen and oxygen atoms in total. The molecule has 1 heterocycles. The van der Waals surface area contributed by atoms with Crippen molar-refractivity contribution in [3.8, 4) is 0 Å². The van der Waals surface area contributed by atoms with Crippen LogP contribution in [0.25, 0.3) is 0 Å². The number of hydrogen-bond acceptors (Lipinski definition) is 2. The van der Waals surface area contributed by atoms with Gasteiger partial charge in [-0.3, -0.25) is 9.89 Å². The molecule has 1 aliphatic rings. The van der Waals surface area contributed by atoms with Crippen LogP contribution >= 0.6 is 0 Å². The summed E-state index contributed by atoms with van der Waals surface area (Å²) in [6.07, 6.45) is 9.00. The molecule has 2 N–H and O–H groups in total. The second-order valence-corrected chi connectivity index (χ2v) is 5.44. The summed E-state index contributed by atoms with van der Waals surface area (Å²) < 4.78 is 0. The monoisotopic (exact) mass is 249 g/mol. The van der Waals surface area contributed by atoms with Crippen LogP contribution in [0.15, 0.2) is 12.3 Å². The average molecular weight is 249 g/mol. The highest BCUT2D eigenvalue weighted by molar-refractivity contribution is 5.76. The van der Waals surface area contributed by atoms with E-state index in [2.05, 4.69) is 22.4 Å². The topological polar surface area (TPSA) is 57.8 Å². The number of carbonyl (C=O) groups excluding carboxylic acids is 1. The maximum absolute atomic E-state index is 11.8. The molecule has 18 heavy (non-hydrogen) atoms. The first-order valence-corrected chi connectivity index (χ1v) is 7.00. The minimum Gasteiger partial charge on any atom is -0.350 e. The van der Waals surface area contributed by atoms with E-state index in [1.807, 2.05) is 6.07 Å². The van der Waals surface area contributed by atoms with E-state index in [0.29, 0.717) is 18.9 Å². The molecule has 4 heteroatoms. The molecule has 0 saturated heterocycles. The SMILES string of the molecule is C[C@H](CC(=O)NCc1ccn[nH]1)C1CCCCC1. The lowest BCUT2D eigenvalue weighted by atomic mass is 9.79. The molecular weight excluding hydrogens is 226 g/mol. The summed E-state index contributed by atoms with van der Waals surface area (Å²) >= 11 is 0. The zero-order valence-electron chi connectivity index (χ0n) is 11.1. The zero-order valence-corrected chi connectivity index (χ0v) is 11.1. The van der Waals surface area contributed by atoms with Crippen LogP contribution in [0.1, 0.15) is 51.1 Å². The maximum Gasteiger partial charge on any atom is 0.220 e. The fourth-order valence-corrected chi connectivity index (χ4v) is 2.81. The molecule has 2 rings (SSSR count). The van der Waals surface area contributed by atoms with Gasteiger partial charge in [0, 0.05) is 12.6 Å². The van der Waals surface area contributed by atoms with Gasteiger partial charge in [-0.25, -0.2) is 0 Å². The first kappa shape index (κ1) is 13.1. The van der Waals surface area contributed by atoms with Gasteiger partial charge < -0.3 is 5.32 Å². The minimum absolute atomic E-state index is 0.155. The molecule has 0 aromatic carbocycles. The van der Waals surface area contributed by atoms with Crippen LogP contribution in [0.2, 0.25) is 0 Å². The summed E-state index contributed by atoms with van der Waals surface area (Å²) in [5, 5.41) is 9.65. The van der Waals surface area contributed by atoms with Crippen LogP contribution in [0, 0.1) is 11.8 Å². The van der Waals surface area contributed by atoms with Crippen molar-refractivity contribution < 1.29 is 4.79 Å². The van der Waals surface area contributed by atoms with Gasteiger partial charge in [0.05, 0.1) is 12.2 Å². The van der Waals surface area contributed by atoms with Gasteiger partial charge in [0.25, 0.3) is 0 Å². The normalized spacial score (nSPS) is 18.5. The number of rotatable bonds is 5. The molecule has 100 valence electrons. The fraction of sp³-hybridized carbons (Fsp3) is 0.714. The Balaban J connectivity index is 1.69. The molecule has 0 spiro atoms. The van der Waals surface area contributed by atoms with Crippen molar-refractivity contribution in [3.05, 3.63) is 18.0 Å². The Kier molecular flexibility index (Phi) is 4.79. The van der Waals surface area contributed by atoms with E-state index in [1.165, 1.54) is 32.1 Å². The Morgan fingerprint density at radius 2 is 2.28 bits per heavy atom. The van der Waals surface area contributed by atoms with Crippen LogP contribution in [-0.4, -0.2) is 16.1 Å². The summed E-state index contributed by atoms with van der Waals surface area (Å²) in [5.41, 5.74) is 0.952. The van der Waals surface area contributed by atoms with Crippen molar-refractivity contribution in [2.45, 2.75) is 52.0 Å². The van der Waals surface area contributed by atoms with E-state index in [9.17, 15) is 4.79 Å². The fourth-order valence-electron chi connectivity index (χ4n) is 2.81. The molecule has 0 aliphatic heterocycles. The van der Waals surface area contributed by atoms with Crippen LogP contribution in [0.5, 0.6) is 0 Å². The highest BCUT2D eigenvalue weighted by Gasteiger charge is 2.21. The smallest absolute Gasteiger partial charge is 0.220 e. The highest BCUT2D eigenvalue weighted by atomic mass is 16.1. The van der Waals surface area contributed by atoms with Crippen molar-refractivity contribution in [1.82, 2.24) is 15.5 Å². The summed E-state index contributed by atoms with van der Waals surface area (Å²) in [7, 11) is 0. The first-order valence-electron chi connectivity index (χ1n) is 7.00. The van der Waals surface area contributed by atoms with Crippen molar-refractivity contribution >= 4 is 5.91 Å². The van der Waals surface area contributed by atoms with Gasteiger partial charge in [-0.05, 0) is 17.9 Å². The molecule has 1 aliphatic carbocycles. The molecule has 1 aromatic rings. The van der Waals surface area contributed by atoms with E-state index >= 15 is 0 Å². The van der Waals surface area contributed by atoms with E-state index in [0.717, 1.165) is 11.6 Å². The third kappa shape index (κ3) is 3.86. The van der Waals surface area contributed by atoms with Crippen LogP contribution in [-0.2, 0) is 11.3 Å². The van der Waals surface area contributed by atoms with Crippen LogP contribution < -0.4 is 5.32 Å². The number of aromatic nitrogens is 2. The predicted octanol–water partition coefficient (Wildman–Crippen LogP) is 2.63. The maximum atomic E-state index is 11.8. The number of aromatic amines is 1. The van der Waals surface area contributed by atoms with Gasteiger partial charge in [-0.15, -0.1) is 0 Å². The van der Waals surface area contributed by atoms with Crippen molar-refractivity contribution in [2.75, 3.05) is 0 Å².